The van der Waals surface area contributed by atoms with Crippen molar-refractivity contribution in [1.82, 2.24) is 53.1 Å². The number of esters is 2. The zero-order valence-corrected chi connectivity index (χ0v) is 68.4. The molecule has 12 heterocycles. The zero-order valence-electron chi connectivity index (χ0n) is 65.6. The number of nitro benzene ring substituents is 4. The van der Waals surface area contributed by atoms with Gasteiger partial charge in [0, 0.05) is 158 Å². The Balaban J connectivity index is 0.000000284. The third-order valence-electron chi connectivity index (χ3n) is 15.8. The van der Waals surface area contributed by atoms with Crippen LogP contribution in [-0.2, 0) is 47.0 Å². The molecule has 14 rings (SSSR count). The Kier molecular flexibility index (Phi) is 39.5. The molecule has 0 saturated carbocycles. The molecule has 14 aromatic rings. The molecule has 2 aromatic carbocycles. The summed E-state index contributed by atoms with van der Waals surface area (Å²) in [5, 5.41) is 98.1. The Morgan fingerprint density at radius 3 is 1.34 bits per heavy atom. The van der Waals surface area contributed by atoms with Crippen molar-refractivity contribution in [3.05, 3.63) is 338 Å². The predicted molar refractivity (Wildman–Crippen MR) is 428 cm³/mol. The molecule has 619 valence electrons. The zero-order chi connectivity index (χ0) is 88.7. The van der Waals surface area contributed by atoms with Crippen molar-refractivity contribution in [3.63, 3.8) is 0 Å². The largest absolute Gasteiger partial charge is 0.875 e. The SMILES string of the molecule is C#CC(=O)OC.CC(=O)c1ccn2nccc2c1.CC(=O)c1ccncc1.CC(N=[N+]=[N-])c1ccn2nccc2c1.CC(N=[N+]=[N-])c1ccn2nccc2c1.CC(O)c1ccn2nccc2c1.CC([O-])=c1cc[n+](=N)cc1.COC(=O)c1cnn2ccc(C(C)=O)cc12.NOc1ccc([N+](=O)[O-])cc1[N+](=O)[O-].O=[N+]([O-])c1ccc(O)c([N+](=O)[O-])c1.[Y]. The topological polar surface area (TPSA) is 602 Å². The minimum absolute atomic E-state index is 0. The summed E-state index contributed by atoms with van der Waals surface area (Å²) < 4.78 is 18.4. The van der Waals surface area contributed by atoms with Crippen molar-refractivity contribution in [2.24, 2.45) is 16.1 Å². The standard InChI is InChI=1S/C11H10N2O3.2C9H9N5.C9H10N2O.C9H8N2O.C7H8N2O.C7H7NO.C6H5N3O5.C6H4N2O5.C4H4O2.Y/c1-7(14)8-3-4-13-10(5-8)9(6-12-13)11(15)16-2;2*1-7(12-13-10)8-3-5-14-9(6-8)2-4-11-14;2*1-7(12)8-3-5-11-9(6-8)2-4-10-11;1-6(10)7-2-4-9(8)5-3-7;1-6(9)7-2-4-8-5-3-7;7-14-6-2-1-4(8(10)11)3-5(6)9(12)13;9-6-2-1-4(7(10)11)3-5(6)8(12)13;1-3-4(5)6-2;/h3-6H,1-2H3;2*2-7H,1H3;2-7,12H,1H3;2-6H,1H3;2-5H,1H3,(H-,8,10);2-5H,1H3;1-3H,7H2;1-3,9H;1H,2H3;. The van der Waals surface area contributed by atoms with E-state index in [1.54, 1.807) is 130 Å². The third kappa shape index (κ3) is 30.6. The number of nitrogens with zero attached hydrogens (tertiary/aromatic N) is 22. The van der Waals surface area contributed by atoms with Crippen molar-refractivity contribution in [2.75, 3.05) is 14.2 Å². The second-order valence-corrected chi connectivity index (χ2v) is 23.9. The molecule has 12 aromatic heterocycles. The van der Waals surface area contributed by atoms with E-state index in [9.17, 15) is 74.6 Å². The molecule has 44 heteroatoms. The van der Waals surface area contributed by atoms with Gasteiger partial charge in [0.2, 0.25) is 18.1 Å². The minimum atomic E-state index is -0.887. The number of phenolic OH excluding ortho intramolecular Hbond substituents is 1. The molecule has 0 bridgehead atoms. The summed E-state index contributed by atoms with van der Waals surface area (Å²) in [7, 11) is 2.54. The first kappa shape index (κ1) is 97.4. The van der Waals surface area contributed by atoms with Crippen molar-refractivity contribution in [3.8, 4) is 23.8 Å². The van der Waals surface area contributed by atoms with Gasteiger partial charge in [-0.15, -0.1) is 12.2 Å². The monoisotopic (exact) mass is 1730 g/mol. The number of nitro groups is 4. The van der Waals surface area contributed by atoms with Crippen LogP contribution in [0.1, 0.15) is 125 Å². The summed E-state index contributed by atoms with van der Waals surface area (Å²) >= 11 is 0. The number of aromatic hydroxyl groups is 1. The van der Waals surface area contributed by atoms with Gasteiger partial charge in [-0.25, -0.2) is 32.2 Å². The number of nitrogens with two attached hydrogens (primary N) is 1. The number of azide groups is 2. The van der Waals surface area contributed by atoms with E-state index in [0.717, 1.165) is 79.0 Å². The number of aliphatic hydroxyl groups excluding tert-OH is 1. The molecule has 1 radical (unpaired) electrons. The number of aromatic nitrogens is 12. The van der Waals surface area contributed by atoms with Gasteiger partial charge in [-0.3, -0.25) is 59.8 Å². The molecule has 0 aliphatic carbocycles. The van der Waals surface area contributed by atoms with Gasteiger partial charge < -0.3 is 29.6 Å². The van der Waals surface area contributed by atoms with Crippen LogP contribution in [0.3, 0.4) is 0 Å². The van der Waals surface area contributed by atoms with Crippen LogP contribution < -0.4 is 25.4 Å². The number of terminal acetylenes is 1. The summed E-state index contributed by atoms with van der Waals surface area (Å²) in [5.41, 5.74) is 31.4. The van der Waals surface area contributed by atoms with Gasteiger partial charge in [0.1, 0.15) is 5.56 Å². The summed E-state index contributed by atoms with van der Waals surface area (Å²) in [6, 6.07) is 37.9. The van der Waals surface area contributed by atoms with E-state index in [0.29, 0.717) is 33.5 Å². The summed E-state index contributed by atoms with van der Waals surface area (Å²) in [6.45, 7) is 11.5. The summed E-state index contributed by atoms with van der Waals surface area (Å²) in [4.78, 5) is 105. The van der Waals surface area contributed by atoms with Crippen LogP contribution in [0.4, 0.5) is 22.7 Å². The van der Waals surface area contributed by atoms with Gasteiger partial charge in [0.15, 0.2) is 23.1 Å². The van der Waals surface area contributed by atoms with Crippen molar-refractivity contribution >= 4 is 85.4 Å². The molecule has 0 fully saturated rings. The van der Waals surface area contributed by atoms with Gasteiger partial charge in [0.05, 0.1) is 98.0 Å². The van der Waals surface area contributed by atoms with Gasteiger partial charge in [-0.2, -0.15) is 31.4 Å². The Hall–Kier alpha value is -16.0. The number of non-ortho nitro benzene ring substituents is 2. The van der Waals surface area contributed by atoms with Gasteiger partial charge in [-0.1, -0.05) is 35.4 Å². The third-order valence-corrected chi connectivity index (χ3v) is 15.8. The van der Waals surface area contributed by atoms with E-state index in [2.05, 4.69) is 71.3 Å². The fourth-order valence-electron chi connectivity index (χ4n) is 9.43. The maximum Gasteiger partial charge on any atom is 0.383 e. The molecule has 0 saturated heterocycles. The number of hydrogen-bond acceptors (Lipinski definition) is 29. The number of aliphatic hydroxyl groups is 1. The number of carbonyl (C=O) groups excluding carboxylic acids is 5. The second kappa shape index (κ2) is 49.0. The first-order valence-corrected chi connectivity index (χ1v) is 34.4. The normalized spacial score (nSPS) is 10.5. The number of rotatable bonds is 14. The van der Waals surface area contributed by atoms with Crippen LogP contribution in [0.2, 0.25) is 0 Å². The van der Waals surface area contributed by atoms with E-state index in [-0.39, 0.29) is 73.7 Å². The summed E-state index contributed by atoms with van der Waals surface area (Å²) in [5.74, 6) is 4.73. The van der Waals surface area contributed by atoms with Crippen molar-refractivity contribution in [2.45, 2.75) is 66.7 Å². The van der Waals surface area contributed by atoms with E-state index < -0.39 is 66.2 Å². The fourth-order valence-corrected chi connectivity index (χ4v) is 9.43. The number of fused-ring (bicyclic) bond motifs is 5. The van der Waals surface area contributed by atoms with E-state index in [4.69, 9.17) is 27.6 Å². The van der Waals surface area contributed by atoms with Crippen LogP contribution >= 0.6 is 0 Å². The summed E-state index contributed by atoms with van der Waals surface area (Å²) in [6.07, 6.45) is 27.7. The molecule has 121 heavy (non-hydrogen) atoms. The minimum Gasteiger partial charge on any atom is -0.875 e. The van der Waals surface area contributed by atoms with E-state index >= 15 is 0 Å². The number of Topliss-reactive ketones (excluding diaryl/α,β-unsaturated/α-hetero) is 3. The fraction of sp³-hybridized carbons (Fsp3) is 0.156. The van der Waals surface area contributed by atoms with Gasteiger partial charge in [-0.05, 0) is 175 Å². The maximum atomic E-state index is 11.4. The number of ether oxygens (including phenoxy) is 2. The van der Waals surface area contributed by atoms with Crippen LogP contribution in [0, 0.1) is 58.3 Å². The number of nitrogens with one attached hydrogen (secondary N) is 1. The molecule has 0 aliphatic rings. The smallest absolute Gasteiger partial charge is 0.383 e. The van der Waals surface area contributed by atoms with Crippen LogP contribution in [0.25, 0.3) is 54.2 Å². The van der Waals surface area contributed by atoms with E-state index in [1.165, 1.54) is 58.1 Å². The van der Waals surface area contributed by atoms with Crippen LogP contribution in [0.5, 0.6) is 11.5 Å². The first-order valence-electron chi connectivity index (χ1n) is 34.4. The average molecular weight is 1730 g/mol. The maximum absolute atomic E-state index is 11.4. The Morgan fingerprint density at radius 2 is 0.959 bits per heavy atom. The molecule has 3 unspecified atom stereocenters. The van der Waals surface area contributed by atoms with Gasteiger partial charge >= 0.3 is 23.3 Å². The first-order chi connectivity index (χ1) is 57.2. The molecule has 0 amide bonds. The van der Waals surface area contributed by atoms with Crippen LogP contribution in [0.15, 0.2) is 243 Å². The Morgan fingerprint density at radius 1 is 0.545 bits per heavy atom. The number of ketones is 3. The quantitative estimate of drug-likeness (QED) is 0.00750. The van der Waals surface area contributed by atoms with Crippen molar-refractivity contribution < 1.29 is 110 Å². The molecule has 5 N–H and O–H groups in total. The number of phenols is 1. The number of benzene rings is 2. The Labute approximate surface area is 709 Å². The van der Waals surface area contributed by atoms with E-state index in [1.807, 2.05) is 99.2 Å². The van der Waals surface area contributed by atoms with Crippen LogP contribution in [-0.4, -0.2) is 126 Å². The second-order valence-electron chi connectivity index (χ2n) is 23.9. The molecule has 43 nitrogen and oxygen atoms in total. The Bertz CT molecular complexity index is 6110. The molecular weight excluding hydrogens is 1650 g/mol. The number of hydrogen-bond donors (Lipinski definition) is 4. The molecule has 3 atom stereocenters. The molecular formula is C77H74N24O19Y. The molecule has 0 aliphatic heterocycles. The number of methoxy groups -OCH3 is 2. The molecule has 0 spiro atoms. The van der Waals surface area contributed by atoms with Gasteiger partial charge in [0.25, 0.3) is 11.4 Å². The average Bonchev–Trinajstić information content (AvgIpc) is 1.66. The number of carbonyl (C=O) groups is 5. The predicted octanol–water partition coefficient (Wildman–Crippen LogP) is 11.8. The number of pyridine rings is 7. The van der Waals surface area contributed by atoms with Crippen molar-refractivity contribution in [1.29, 1.82) is 5.53 Å².